The topological polar surface area (TPSA) is 94.8 Å². The van der Waals surface area contributed by atoms with E-state index in [4.69, 9.17) is 9.47 Å². The van der Waals surface area contributed by atoms with E-state index in [-0.39, 0.29) is 17.9 Å². The van der Waals surface area contributed by atoms with E-state index in [1.54, 1.807) is 47.2 Å². The number of halogens is 2. The highest BCUT2D eigenvalue weighted by atomic mass is 19.3. The summed E-state index contributed by atoms with van der Waals surface area (Å²) in [6.45, 7) is 0.683. The van der Waals surface area contributed by atoms with E-state index in [0.29, 0.717) is 61.2 Å². The normalized spacial score (nSPS) is 17.3. The fraction of sp³-hybridized carbons (Fsp3) is 0.391. The molecular weight excluding hydrogens is 462 g/mol. The van der Waals surface area contributed by atoms with Crippen LogP contribution in [0.15, 0.2) is 37.1 Å². The maximum atomic E-state index is 12.7. The molecule has 0 aromatic carbocycles. The number of carbonyl (C=O) groups is 1. The monoisotopic (exact) mass is 486 g/mol. The van der Waals surface area contributed by atoms with Crippen molar-refractivity contribution in [1.29, 1.82) is 0 Å². The predicted molar refractivity (Wildman–Crippen MR) is 120 cm³/mol. The molecule has 12 heteroatoms. The van der Waals surface area contributed by atoms with Gasteiger partial charge in [-0.2, -0.15) is 8.78 Å². The number of amides is 1. The number of alkyl halides is 2. The molecule has 0 radical (unpaired) electrons. The number of fused-ring (bicyclic) bond motifs is 1. The third kappa shape index (κ3) is 4.81. The van der Waals surface area contributed by atoms with Gasteiger partial charge in [0.15, 0.2) is 5.75 Å². The number of carbonyl (C=O) groups excluding carboxylic acids is 1. The van der Waals surface area contributed by atoms with E-state index in [9.17, 15) is 13.6 Å². The Morgan fingerprint density at radius 3 is 2.80 bits per heavy atom. The second-order valence-corrected chi connectivity index (χ2v) is 8.39. The molecule has 35 heavy (non-hydrogen) atoms. The van der Waals surface area contributed by atoms with E-state index in [1.807, 2.05) is 11.9 Å². The second-order valence-electron chi connectivity index (χ2n) is 8.39. The Kier molecular flexibility index (Phi) is 6.10. The van der Waals surface area contributed by atoms with Crippen LogP contribution in [0.3, 0.4) is 0 Å². The fourth-order valence-corrected chi connectivity index (χ4v) is 4.20. The highest BCUT2D eigenvalue weighted by Crippen LogP contribution is 2.39. The first-order valence-electron chi connectivity index (χ1n) is 11.1. The standard InChI is InChI=1S/C23H24F2N6O4/c1-14-7-15(9-27-21(14)35-23(24)25)31-5-6-33-19-10-26-20(8-18(19)31)34-16-3-4-30(11-16)22(32)17-12-29(2)13-28-17/h7-10,12-13,16,23H,3-6,11H2,1-2H3/t16-/m0/s1. The summed E-state index contributed by atoms with van der Waals surface area (Å²) >= 11 is 0. The molecule has 10 nitrogen and oxygen atoms in total. The molecule has 3 aromatic heterocycles. The summed E-state index contributed by atoms with van der Waals surface area (Å²) < 4.78 is 43.2. The Balaban J connectivity index is 1.30. The van der Waals surface area contributed by atoms with Gasteiger partial charge in [0, 0.05) is 37.8 Å². The largest absolute Gasteiger partial charge is 0.488 e. The molecule has 1 saturated heterocycles. The third-order valence-corrected chi connectivity index (χ3v) is 5.86. The number of hydrogen-bond donors (Lipinski definition) is 0. The molecule has 1 amide bonds. The number of anilines is 2. The maximum Gasteiger partial charge on any atom is 0.388 e. The van der Waals surface area contributed by atoms with Gasteiger partial charge in [0.25, 0.3) is 5.91 Å². The quantitative estimate of drug-likeness (QED) is 0.525. The van der Waals surface area contributed by atoms with Gasteiger partial charge in [0.2, 0.25) is 11.8 Å². The number of imidazole rings is 1. The lowest BCUT2D eigenvalue weighted by Gasteiger charge is -2.31. The zero-order valence-electron chi connectivity index (χ0n) is 19.2. The lowest BCUT2D eigenvalue weighted by molar-refractivity contribution is -0.0533. The van der Waals surface area contributed by atoms with Crippen molar-refractivity contribution < 1.29 is 27.8 Å². The van der Waals surface area contributed by atoms with Crippen molar-refractivity contribution in [3.63, 3.8) is 0 Å². The summed E-state index contributed by atoms with van der Waals surface area (Å²) in [5.41, 5.74) is 2.33. The molecular formula is C23H24F2N6O4. The molecule has 0 N–H and O–H groups in total. The maximum absolute atomic E-state index is 12.7. The third-order valence-electron chi connectivity index (χ3n) is 5.86. The molecule has 2 aliphatic rings. The van der Waals surface area contributed by atoms with Crippen LogP contribution in [0.1, 0.15) is 22.5 Å². The van der Waals surface area contributed by atoms with E-state index < -0.39 is 6.61 Å². The van der Waals surface area contributed by atoms with Crippen LogP contribution in [0.2, 0.25) is 0 Å². The Hall–Kier alpha value is -3.96. The summed E-state index contributed by atoms with van der Waals surface area (Å²) in [5, 5.41) is 0. The first kappa shape index (κ1) is 22.8. The number of pyridine rings is 2. The number of ether oxygens (including phenoxy) is 3. The summed E-state index contributed by atoms with van der Waals surface area (Å²) in [4.78, 5) is 28.9. The number of likely N-dealkylation sites (tertiary alicyclic amines) is 1. The molecule has 1 fully saturated rings. The van der Waals surface area contributed by atoms with Gasteiger partial charge in [-0.25, -0.2) is 15.0 Å². The van der Waals surface area contributed by atoms with E-state index in [2.05, 4.69) is 19.7 Å². The number of rotatable bonds is 6. The van der Waals surface area contributed by atoms with Gasteiger partial charge in [-0.3, -0.25) is 4.79 Å². The van der Waals surface area contributed by atoms with Crippen LogP contribution in [0.25, 0.3) is 0 Å². The lowest BCUT2D eigenvalue weighted by atomic mass is 10.2. The zero-order valence-corrected chi connectivity index (χ0v) is 19.2. The van der Waals surface area contributed by atoms with Gasteiger partial charge >= 0.3 is 6.61 Å². The molecule has 184 valence electrons. The minimum absolute atomic E-state index is 0.109. The molecule has 0 bridgehead atoms. The van der Waals surface area contributed by atoms with Crippen LogP contribution >= 0.6 is 0 Å². The van der Waals surface area contributed by atoms with Crippen LogP contribution < -0.4 is 19.1 Å². The molecule has 0 aliphatic carbocycles. The molecule has 0 saturated carbocycles. The molecule has 0 unspecified atom stereocenters. The Bertz CT molecular complexity index is 1240. The highest BCUT2D eigenvalue weighted by molar-refractivity contribution is 5.92. The van der Waals surface area contributed by atoms with Crippen molar-refractivity contribution in [2.24, 2.45) is 7.05 Å². The van der Waals surface area contributed by atoms with Crippen LogP contribution in [0.4, 0.5) is 20.2 Å². The van der Waals surface area contributed by atoms with Crippen LogP contribution in [-0.2, 0) is 7.05 Å². The van der Waals surface area contributed by atoms with Crippen LogP contribution in [0.5, 0.6) is 17.5 Å². The molecule has 1 atom stereocenters. The Labute approximate surface area is 200 Å². The van der Waals surface area contributed by atoms with Gasteiger partial charge < -0.3 is 28.6 Å². The second kappa shape index (κ2) is 9.35. The molecule has 5 heterocycles. The zero-order chi connectivity index (χ0) is 24.5. The molecule has 5 rings (SSSR count). The van der Waals surface area contributed by atoms with Crippen molar-refractivity contribution in [2.45, 2.75) is 26.1 Å². The Morgan fingerprint density at radius 1 is 1.20 bits per heavy atom. The number of nitrogens with zero attached hydrogens (tertiary/aromatic N) is 6. The highest BCUT2D eigenvalue weighted by Gasteiger charge is 2.30. The average Bonchev–Trinajstić information content (AvgIpc) is 3.48. The van der Waals surface area contributed by atoms with Crippen LogP contribution in [-0.4, -0.2) is 69.3 Å². The first-order valence-corrected chi connectivity index (χ1v) is 11.1. The summed E-state index contributed by atoms with van der Waals surface area (Å²) in [5.74, 6) is 0.741. The van der Waals surface area contributed by atoms with Gasteiger partial charge in [-0.1, -0.05) is 0 Å². The number of aromatic nitrogens is 4. The van der Waals surface area contributed by atoms with E-state index in [0.717, 1.165) is 5.69 Å². The van der Waals surface area contributed by atoms with Gasteiger partial charge in [0.1, 0.15) is 18.4 Å². The number of aryl methyl sites for hydroxylation is 2. The minimum Gasteiger partial charge on any atom is -0.488 e. The van der Waals surface area contributed by atoms with Crippen molar-refractivity contribution in [1.82, 2.24) is 24.4 Å². The van der Waals surface area contributed by atoms with Crippen molar-refractivity contribution in [3.05, 3.63) is 48.3 Å². The van der Waals surface area contributed by atoms with Crippen molar-refractivity contribution in [2.75, 3.05) is 31.1 Å². The predicted octanol–water partition coefficient (Wildman–Crippen LogP) is 2.94. The summed E-state index contributed by atoms with van der Waals surface area (Å²) in [6.07, 6.45) is 6.83. The number of hydrogen-bond acceptors (Lipinski definition) is 8. The fourth-order valence-electron chi connectivity index (χ4n) is 4.20. The van der Waals surface area contributed by atoms with Crippen LogP contribution in [0, 0.1) is 6.92 Å². The smallest absolute Gasteiger partial charge is 0.388 e. The minimum atomic E-state index is -2.94. The SMILES string of the molecule is Cc1cc(N2CCOc3cnc(O[C@H]4CCN(C(=O)c5cn(C)cn5)C4)cc32)cnc1OC(F)F. The molecule has 3 aromatic rings. The Morgan fingerprint density at radius 2 is 2.06 bits per heavy atom. The summed E-state index contributed by atoms with van der Waals surface area (Å²) in [6, 6.07) is 3.51. The van der Waals surface area contributed by atoms with Gasteiger partial charge in [-0.05, 0) is 13.0 Å². The summed E-state index contributed by atoms with van der Waals surface area (Å²) in [7, 11) is 1.82. The molecule has 0 spiro atoms. The first-order chi connectivity index (χ1) is 16.9. The average molecular weight is 486 g/mol. The van der Waals surface area contributed by atoms with Crippen molar-refractivity contribution in [3.8, 4) is 17.5 Å². The van der Waals surface area contributed by atoms with Crippen molar-refractivity contribution >= 4 is 17.3 Å². The molecule has 2 aliphatic heterocycles. The van der Waals surface area contributed by atoms with Gasteiger partial charge in [0.05, 0.1) is 43.2 Å². The lowest BCUT2D eigenvalue weighted by Crippen LogP contribution is -2.31. The van der Waals surface area contributed by atoms with E-state index >= 15 is 0 Å². The van der Waals surface area contributed by atoms with E-state index in [1.165, 1.54) is 6.20 Å². The van der Waals surface area contributed by atoms with Gasteiger partial charge in [-0.15, -0.1) is 0 Å².